The van der Waals surface area contributed by atoms with E-state index in [0.717, 1.165) is 51.5 Å². The summed E-state index contributed by atoms with van der Waals surface area (Å²) in [5.41, 5.74) is 2.95. The minimum absolute atomic E-state index is 0.164. The van der Waals surface area contributed by atoms with Crippen LogP contribution in [0, 0.1) is 0 Å². The van der Waals surface area contributed by atoms with E-state index in [1.54, 1.807) is 23.1 Å². The van der Waals surface area contributed by atoms with Gasteiger partial charge in [0.15, 0.2) is 0 Å². The van der Waals surface area contributed by atoms with Gasteiger partial charge in [0.1, 0.15) is 18.4 Å². The zero-order valence-corrected chi connectivity index (χ0v) is 22.2. The van der Waals surface area contributed by atoms with Gasteiger partial charge in [0.05, 0.1) is 13.2 Å². The van der Waals surface area contributed by atoms with Crippen molar-refractivity contribution in [1.82, 2.24) is 20.0 Å². The number of piperidine rings is 1. The number of imide groups is 1. The fourth-order valence-corrected chi connectivity index (χ4v) is 4.83. The van der Waals surface area contributed by atoms with Crippen molar-refractivity contribution >= 4 is 17.7 Å². The zero-order chi connectivity index (χ0) is 26.9. The largest absolute Gasteiger partial charge is 0.490 e. The third kappa shape index (κ3) is 7.86. The van der Waals surface area contributed by atoms with E-state index < -0.39 is 11.9 Å². The van der Waals surface area contributed by atoms with E-state index in [9.17, 15) is 14.4 Å². The van der Waals surface area contributed by atoms with Crippen LogP contribution in [0.2, 0.25) is 0 Å². The number of allylic oxidation sites excluding steroid dienone is 3. The van der Waals surface area contributed by atoms with Crippen LogP contribution in [0.15, 0.2) is 60.4 Å². The minimum Gasteiger partial charge on any atom is -0.490 e. The lowest BCUT2D eigenvalue weighted by molar-refractivity contribution is -0.142. The summed E-state index contributed by atoms with van der Waals surface area (Å²) in [5.74, 6) is -0.338. The quantitative estimate of drug-likeness (QED) is 0.206. The standard InChI is InChI=1S/C29H38N4O5/c1-22(4-3-5-25-12-13-33(29(25)36)26-10-11-27(34)30-28(26)35)38-21-24-8-6-23(7-9-24)20-31(2)14-15-32-16-18-37-19-17-32/h3-9,26H,1,10-21H2,2H3,(H,30,34,35)/b4-3-,25-5+. The third-order valence-electron chi connectivity index (χ3n) is 7.12. The van der Waals surface area contributed by atoms with Gasteiger partial charge >= 0.3 is 0 Å². The second-order valence-corrected chi connectivity index (χ2v) is 10.0. The number of amides is 3. The molecular formula is C29H38N4O5. The number of ether oxygens (including phenoxy) is 2. The lowest BCUT2D eigenvalue weighted by atomic mass is 10.0. The first-order valence-electron chi connectivity index (χ1n) is 13.3. The maximum absolute atomic E-state index is 12.7. The van der Waals surface area contributed by atoms with Crippen LogP contribution < -0.4 is 5.32 Å². The number of hydrogen-bond donors (Lipinski definition) is 1. The molecule has 3 heterocycles. The van der Waals surface area contributed by atoms with Crippen molar-refractivity contribution in [2.45, 2.75) is 38.5 Å². The normalized spacial score (nSPS) is 22.1. The Balaban J connectivity index is 1.17. The highest BCUT2D eigenvalue weighted by Crippen LogP contribution is 2.23. The van der Waals surface area contributed by atoms with Gasteiger partial charge in [0, 0.05) is 51.3 Å². The molecule has 38 heavy (non-hydrogen) atoms. The average Bonchev–Trinajstić information content (AvgIpc) is 3.27. The summed E-state index contributed by atoms with van der Waals surface area (Å²) >= 11 is 0. The number of hydrogen-bond acceptors (Lipinski definition) is 7. The van der Waals surface area contributed by atoms with Crippen LogP contribution in [0.25, 0.3) is 0 Å². The van der Waals surface area contributed by atoms with E-state index in [4.69, 9.17) is 9.47 Å². The maximum atomic E-state index is 12.7. The van der Waals surface area contributed by atoms with Crippen LogP contribution in [-0.4, -0.2) is 91.4 Å². The molecule has 1 unspecified atom stereocenters. The number of carbonyl (C=O) groups excluding carboxylic acids is 3. The first kappa shape index (κ1) is 27.8. The Morgan fingerprint density at radius 1 is 1.13 bits per heavy atom. The topological polar surface area (TPSA) is 91.4 Å². The van der Waals surface area contributed by atoms with Crippen molar-refractivity contribution in [3.8, 4) is 0 Å². The fraction of sp³-hybridized carbons (Fsp3) is 0.483. The number of nitrogens with zero attached hydrogens (tertiary/aromatic N) is 3. The van der Waals surface area contributed by atoms with E-state index in [2.05, 4.69) is 53.0 Å². The minimum atomic E-state index is -0.574. The molecule has 1 aromatic carbocycles. The van der Waals surface area contributed by atoms with E-state index in [-0.39, 0.29) is 18.2 Å². The van der Waals surface area contributed by atoms with Gasteiger partial charge in [-0.25, -0.2) is 0 Å². The number of carbonyl (C=O) groups is 3. The van der Waals surface area contributed by atoms with Crippen LogP contribution in [0.4, 0.5) is 0 Å². The monoisotopic (exact) mass is 522 g/mol. The molecule has 1 N–H and O–H groups in total. The molecule has 204 valence electrons. The number of benzene rings is 1. The van der Waals surface area contributed by atoms with E-state index in [0.29, 0.717) is 37.3 Å². The van der Waals surface area contributed by atoms with Crippen molar-refractivity contribution in [2.24, 2.45) is 0 Å². The second kappa shape index (κ2) is 13.5. The molecule has 3 aliphatic heterocycles. The van der Waals surface area contributed by atoms with Crippen molar-refractivity contribution in [3.05, 3.63) is 71.5 Å². The first-order chi connectivity index (χ1) is 18.4. The van der Waals surface area contributed by atoms with E-state index in [1.165, 1.54) is 5.56 Å². The molecule has 9 nitrogen and oxygen atoms in total. The number of morpholine rings is 1. The molecule has 3 aliphatic rings. The predicted molar refractivity (Wildman–Crippen MR) is 144 cm³/mol. The summed E-state index contributed by atoms with van der Waals surface area (Å²) in [6.45, 7) is 11.5. The SMILES string of the molecule is C=C(/C=C\C=C1/CCN(C2CCC(=O)NC2=O)C1=O)OCc1ccc(CN(C)CCN2CCOCC2)cc1. The van der Waals surface area contributed by atoms with Crippen LogP contribution in [0.5, 0.6) is 0 Å². The van der Waals surface area contributed by atoms with Gasteiger partial charge in [-0.2, -0.15) is 0 Å². The van der Waals surface area contributed by atoms with Gasteiger partial charge < -0.3 is 19.3 Å². The number of likely N-dealkylation sites (N-methyl/N-ethyl adjacent to an activating group) is 1. The van der Waals surface area contributed by atoms with Crippen LogP contribution >= 0.6 is 0 Å². The predicted octanol–water partition coefficient (Wildman–Crippen LogP) is 2.00. The molecule has 0 bridgehead atoms. The molecule has 0 aromatic heterocycles. The Hall–Kier alpha value is -3.27. The molecule has 1 atom stereocenters. The smallest absolute Gasteiger partial charge is 0.250 e. The highest BCUT2D eigenvalue weighted by atomic mass is 16.5. The highest BCUT2D eigenvalue weighted by Gasteiger charge is 2.38. The number of nitrogens with one attached hydrogen (secondary N) is 1. The molecular weight excluding hydrogens is 484 g/mol. The summed E-state index contributed by atoms with van der Waals surface area (Å²) < 4.78 is 11.2. The lowest BCUT2D eigenvalue weighted by Gasteiger charge is -2.29. The molecule has 0 radical (unpaired) electrons. The molecule has 4 rings (SSSR count). The summed E-state index contributed by atoms with van der Waals surface area (Å²) in [6.07, 6.45) is 6.41. The van der Waals surface area contributed by atoms with Crippen LogP contribution in [0.1, 0.15) is 30.4 Å². The van der Waals surface area contributed by atoms with Gasteiger partial charge in [-0.15, -0.1) is 0 Å². The molecule has 3 saturated heterocycles. The third-order valence-corrected chi connectivity index (χ3v) is 7.12. The second-order valence-electron chi connectivity index (χ2n) is 10.0. The first-order valence-corrected chi connectivity index (χ1v) is 13.3. The van der Waals surface area contributed by atoms with Gasteiger partial charge in [0.25, 0.3) is 5.91 Å². The van der Waals surface area contributed by atoms with Crippen molar-refractivity contribution in [1.29, 1.82) is 0 Å². The van der Waals surface area contributed by atoms with Gasteiger partial charge in [-0.3, -0.25) is 24.6 Å². The van der Waals surface area contributed by atoms with E-state index in [1.807, 2.05) is 0 Å². The van der Waals surface area contributed by atoms with E-state index >= 15 is 0 Å². The number of rotatable bonds is 11. The van der Waals surface area contributed by atoms with Crippen molar-refractivity contribution in [2.75, 3.05) is 53.0 Å². The lowest BCUT2D eigenvalue weighted by Crippen LogP contribution is -2.52. The molecule has 9 heteroatoms. The van der Waals surface area contributed by atoms with Crippen LogP contribution in [0.3, 0.4) is 0 Å². The van der Waals surface area contributed by atoms with Crippen molar-refractivity contribution < 1.29 is 23.9 Å². The van der Waals surface area contributed by atoms with Gasteiger partial charge in [0.2, 0.25) is 11.8 Å². The molecule has 3 amide bonds. The van der Waals surface area contributed by atoms with Gasteiger partial charge in [-0.1, -0.05) is 43.0 Å². The summed E-state index contributed by atoms with van der Waals surface area (Å²) in [4.78, 5) is 42.5. The zero-order valence-electron chi connectivity index (χ0n) is 22.2. The Kier molecular flexibility index (Phi) is 9.86. The fourth-order valence-electron chi connectivity index (χ4n) is 4.83. The Bertz CT molecular complexity index is 1070. The molecule has 3 fully saturated rings. The van der Waals surface area contributed by atoms with Crippen molar-refractivity contribution in [3.63, 3.8) is 0 Å². The molecule has 0 aliphatic carbocycles. The molecule has 1 aromatic rings. The van der Waals surface area contributed by atoms with Gasteiger partial charge in [-0.05, 0) is 37.1 Å². The Labute approximate surface area is 224 Å². The average molecular weight is 523 g/mol. The van der Waals surface area contributed by atoms with Crippen LogP contribution in [-0.2, 0) is 37.0 Å². The molecule has 0 saturated carbocycles. The Morgan fingerprint density at radius 3 is 2.61 bits per heavy atom. The maximum Gasteiger partial charge on any atom is 0.250 e. The summed E-state index contributed by atoms with van der Waals surface area (Å²) in [6, 6.07) is 7.84. The number of likely N-dealkylation sites (tertiary alicyclic amines) is 1. The summed E-state index contributed by atoms with van der Waals surface area (Å²) in [7, 11) is 2.15. The molecule has 0 spiro atoms. The Morgan fingerprint density at radius 2 is 1.87 bits per heavy atom. The highest BCUT2D eigenvalue weighted by molar-refractivity contribution is 6.04. The summed E-state index contributed by atoms with van der Waals surface area (Å²) in [5, 5.41) is 2.31.